The first kappa shape index (κ1) is 17.4. The van der Waals surface area contributed by atoms with E-state index in [-0.39, 0.29) is 30.2 Å². The van der Waals surface area contributed by atoms with Crippen molar-refractivity contribution in [3.63, 3.8) is 0 Å². The van der Waals surface area contributed by atoms with E-state index >= 15 is 0 Å². The molecule has 0 spiro atoms. The Labute approximate surface area is 137 Å². The van der Waals surface area contributed by atoms with E-state index in [1.165, 1.54) is 12.1 Å². The standard InChI is InChI=1S/C18H25FN2O2/c1-4-21(12-16(22)20-13(2)3)17(23)18(10-5-11-18)14-6-8-15(19)9-7-14/h6-9,13H,4-5,10-12H2,1-3H3,(H,20,22). The van der Waals surface area contributed by atoms with Gasteiger partial charge in [-0.25, -0.2) is 4.39 Å². The van der Waals surface area contributed by atoms with Crippen molar-refractivity contribution in [2.24, 2.45) is 0 Å². The summed E-state index contributed by atoms with van der Waals surface area (Å²) in [5, 5.41) is 2.81. The maximum atomic E-state index is 13.2. The number of benzene rings is 1. The Morgan fingerprint density at radius 1 is 1.26 bits per heavy atom. The summed E-state index contributed by atoms with van der Waals surface area (Å²) in [5.41, 5.74) is 0.250. The average Bonchev–Trinajstić information content (AvgIpc) is 2.44. The van der Waals surface area contributed by atoms with Crippen LogP contribution in [0.25, 0.3) is 0 Å². The number of nitrogens with one attached hydrogen (secondary N) is 1. The Bertz CT molecular complexity index is 565. The summed E-state index contributed by atoms with van der Waals surface area (Å²) in [7, 11) is 0. The molecule has 1 aromatic carbocycles. The molecule has 0 atom stereocenters. The van der Waals surface area contributed by atoms with Crippen LogP contribution in [0.15, 0.2) is 24.3 Å². The van der Waals surface area contributed by atoms with Gasteiger partial charge in [-0.05, 0) is 51.3 Å². The smallest absolute Gasteiger partial charge is 0.239 e. The van der Waals surface area contributed by atoms with E-state index in [4.69, 9.17) is 0 Å². The number of nitrogens with zero attached hydrogens (tertiary/aromatic N) is 1. The lowest BCUT2D eigenvalue weighted by Crippen LogP contribution is -2.53. The highest BCUT2D eigenvalue weighted by Crippen LogP contribution is 2.45. The van der Waals surface area contributed by atoms with Crippen LogP contribution in [0.1, 0.15) is 45.6 Å². The molecule has 1 aromatic rings. The maximum absolute atomic E-state index is 13.2. The van der Waals surface area contributed by atoms with Crippen LogP contribution in [-0.4, -0.2) is 35.8 Å². The molecule has 4 nitrogen and oxygen atoms in total. The number of hydrogen-bond acceptors (Lipinski definition) is 2. The fourth-order valence-corrected chi connectivity index (χ4v) is 3.10. The Morgan fingerprint density at radius 2 is 1.87 bits per heavy atom. The molecule has 0 aromatic heterocycles. The lowest BCUT2D eigenvalue weighted by atomic mass is 9.63. The monoisotopic (exact) mass is 320 g/mol. The first-order valence-corrected chi connectivity index (χ1v) is 8.24. The SMILES string of the molecule is CCN(CC(=O)NC(C)C)C(=O)C1(c2ccc(F)cc2)CCC1. The number of amides is 2. The van der Waals surface area contributed by atoms with Crippen LogP contribution in [0, 0.1) is 5.82 Å². The maximum Gasteiger partial charge on any atom is 0.239 e. The fourth-order valence-electron chi connectivity index (χ4n) is 3.10. The minimum Gasteiger partial charge on any atom is -0.352 e. The molecule has 0 heterocycles. The number of rotatable bonds is 6. The van der Waals surface area contributed by atoms with Crippen LogP contribution in [-0.2, 0) is 15.0 Å². The average molecular weight is 320 g/mol. The van der Waals surface area contributed by atoms with Crippen molar-refractivity contribution in [1.82, 2.24) is 10.2 Å². The zero-order valence-corrected chi connectivity index (χ0v) is 14.1. The van der Waals surface area contributed by atoms with Gasteiger partial charge in [0, 0.05) is 12.6 Å². The number of carbonyl (C=O) groups is 2. The van der Waals surface area contributed by atoms with Crippen molar-refractivity contribution in [2.75, 3.05) is 13.1 Å². The predicted octanol–water partition coefficient (Wildman–Crippen LogP) is 2.62. The van der Waals surface area contributed by atoms with E-state index in [0.717, 1.165) is 24.8 Å². The van der Waals surface area contributed by atoms with Crippen molar-refractivity contribution in [1.29, 1.82) is 0 Å². The van der Waals surface area contributed by atoms with Crippen molar-refractivity contribution in [3.8, 4) is 0 Å². The fraction of sp³-hybridized carbons (Fsp3) is 0.556. The van der Waals surface area contributed by atoms with E-state index in [2.05, 4.69) is 5.32 Å². The van der Waals surface area contributed by atoms with Crippen LogP contribution in [0.5, 0.6) is 0 Å². The third-order valence-corrected chi connectivity index (χ3v) is 4.47. The van der Waals surface area contributed by atoms with Crippen LogP contribution in [0.2, 0.25) is 0 Å². The lowest BCUT2D eigenvalue weighted by molar-refractivity contribution is -0.143. The molecule has 1 aliphatic rings. The second-order valence-corrected chi connectivity index (χ2v) is 6.48. The number of likely N-dealkylation sites (N-methyl/N-ethyl adjacent to an activating group) is 1. The molecule has 1 saturated carbocycles. The minimum atomic E-state index is -0.595. The van der Waals surface area contributed by atoms with E-state index in [0.29, 0.717) is 6.54 Å². The van der Waals surface area contributed by atoms with Crippen molar-refractivity contribution < 1.29 is 14.0 Å². The van der Waals surface area contributed by atoms with Gasteiger partial charge < -0.3 is 10.2 Å². The highest BCUT2D eigenvalue weighted by molar-refractivity contribution is 5.92. The second kappa shape index (κ2) is 7.11. The van der Waals surface area contributed by atoms with Gasteiger partial charge in [0.25, 0.3) is 0 Å². The highest BCUT2D eigenvalue weighted by Gasteiger charge is 2.47. The van der Waals surface area contributed by atoms with Gasteiger partial charge in [0.15, 0.2) is 0 Å². The number of halogens is 1. The Kier molecular flexibility index (Phi) is 5.39. The molecule has 1 N–H and O–H groups in total. The molecular weight excluding hydrogens is 295 g/mol. The molecule has 0 bridgehead atoms. The normalized spacial score (nSPS) is 15.9. The Hall–Kier alpha value is -1.91. The van der Waals surface area contributed by atoms with E-state index in [9.17, 15) is 14.0 Å². The van der Waals surface area contributed by atoms with Gasteiger partial charge in [-0.3, -0.25) is 9.59 Å². The molecule has 5 heteroatoms. The molecule has 126 valence electrons. The summed E-state index contributed by atoms with van der Waals surface area (Å²) in [6.07, 6.45) is 2.47. The first-order chi connectivity index (χ1) is 10.9. The molecule has 2 amide bonds. The second-order valence-electron chi connectivity index (χ2n) is 6.48. The molecule has 0 unspecified atom stereocenters. The molecule has 23 heavy (non-hydrogen) atoms. The van der Waals surface area contributed by atoms with E-state index in [1.54, 1.807) is 17.0 Å². The van der Waals surface area contributed by atoms with E-state index < -0.39 is 5.41 Å². The quantitative estimate of drug-likeness (QED) is 0.876. The summed E-state index contributed by atoms with van der Waals surface area (Å²) >= 11 is 0. The minimum absolute atomic E-state index is 0.0308. The molecule has 1 aliphatic carbocycles. The molecule has 0 saturated heterocycles. The zero-order valence-electron chi connectivity index (χ0n) is 14.1. The van der Waals surface area contributed by atoms with Gasteiger partial charge in [0.05, 0.1) is 12.0 Å². The van der Waals surface area contributed by atoms with Crippen molar-refractivity contribution in [3.05, 3.63) is 35.6 Å². The van der Waals surface area contributed by atoms with Crippen molar-refractivity contribution >= 4 is 11.8 Å². The molecule has 0 aliphatic heterocycles. The topological polar surface area (TPSA) is 49.4 Å². The van der Waals surface area contributed by atoms with Gasteiger partial charge in [-0.2, -0.15) is 0 Å². The summed E-state index contributed by atoms with van der Waals surface area (Å²) in [5.74, 6) is -0.486. The summed E-state index contributed by atoms with van der Waals surface area (Å²) in [6.45, 7) is 6.20. The third-order valence-electron chi connectivity index (χ3n) is 4.47. The molecule has 2 rings (SSSR count). The summed E-state index contributed by atoms with van der Waals surface area (Å²) in [6, 6.07) is 6.21. The van der Waals surface area contributed by atoms with Gasteiger partial charge in [-0.15, -0.1) is 0 Å². The first-order valence-electron chi connectivity index (χ1n) is 8.24. The summed E-state index contributed by atoms with van der Waals surface area (Å²) in [4.78, 5) is 26.6. The van der Waals surface area contributed by atoms with Crippen LogP contribution in [0.4, 0.5) is 4.39 Å². The van der Waals surface area contributed by atoms with Crippen molar-refractivity contribution in [2.45, 2.75) is 51.5 Å². The van der Waals surface area contributed by atoms with Crippen LogP contribution in [0.3, 0.4) is 0 Å². The highest BCUT2D eigenvalue weighted by atomic mass is 19.1. The molecule has 0 radical (unpaired) electrons. The Balaban J connectivity index is 2.17. The molecule has 1 fully saturated rings. The largest absolute Gasteiger partial charge is 0.352 e. The van der Waals surface area contributed by atoms with Crippen LogP contribution >= 0.6 is 0 Å². The lowest BCUT2D eigenvalue weighted by Gasteiger charge is -2.43. The zero-order chi connectivity index (χ0) is 17.0. The third kappa shape index (κ3) is 3.71. The van der Waals surface area contributed by atoms with Gasteiger partial charge in [-0.1, -0.05) is 18.6 Å². The predicted molar refractivity (Wildman–Crippen MR) is 87.5 cm³/mol. The van der Waals surface area contributed by atoms with Gasteiger partial charge >= 0.3 is 0 Å². The number of carbonyl (C=O) groups excluding carboxylic acids is 2. The van der Waals surface area contributed by atoms with Crippen LogP contribution < -0.4 is 5.32 Å². The molecular formula is C18H25FN2O2. The number of hydrogen-bond donors (Lipinski definition) is 1. The van der Waals surface area contributed by atoms with Gasteiger partial charge in [0.2, 0.25) is 11.8 Å². The van der Waals surface area contributed by atoms with Gasteiger partial charge in [0.1, 0.15) is 5.82 Å². The summed E-state index contributed by atoms with van der Waals surface area (Å²) < 4.78 is 13.2. The van der Waals surface area contributed by atoms with E-state index in [1.807, 2.05) is 20.8 Å². The Morgan fingerprint density at radius 3 is 2.30 bits per heavy atom.